The van der Waals surface area contributed by atoms with Crippen molar-refractivity contribution in [1.29, 1.82) is 0 Å². The van der Waals surface area contributed by atoms with Gasteiger partial charge in [-0.05, 0) is 37.8 Å². The van der Waals surface area contributed by atoms with E-state index in [0.717, 1.165) is 25.7 Å². The summed E-state index contributed by atoms with van der Waals surface area (Å²) in [6.45, 7) is 6.39. The first-order valence-electron chi connectivity index (χ1n) is 7.28. The number of rotatable bonds is 8. The first kappa shape index (κ1) is 15.7. The Labute approximate surface area is 116 Å². The van der Waals surface area contributed by atoms with Crippen LogP contribution in [0.2, 0.25) is 0 Å². The summed E-state index contributed by atoms with van der Waals surface area (Å²) in [7, 11) is 0. The van der Waals surface area contributed by atoms with Crippen molar-refractivity contribution >= 4 is 0 Å². The first-order chi connectivity index (χ1) is 9.08. The van der Waals surface area contributed by atoms with Crippen molar-refractivity contribution < 1.29 is 14.9 Å². The van der Waals surface area contributed by atoms with Gasteiger partial charge in [-0.1, -0.05) is 39.7 Å². The topological polar surface area (TPSA) is 49.7 Å². The minimum atomic E-state index is -0.250. The fraction of sp³-hybridized carbons (Fsp3) is 0.625. The number of para-hydroxylation sites is 1. The molecular formula is C16H26O3. The zero-order valence-corrected chi connectivity index (χ0v) is 12.3. The summed E-state index contributed by atoms with van der Waals surface area (Å²) >= 11 is 0. The Morgan fingerprint density at radius 2 is 1.74 bits per heavy atom. The molecule has 3 nitrogen and oxygen atoms in total. The van der Waals surface area contributed by atoms with E-state index in [4.69, 9.17) is 4.74 Å². The molecule has 0 spiro atoms. The lowest BCUT2D eigenvalue weighted by atomic mass is 9.90. The van der Waals surface area contributed by atoms with Crippen molar-refractivity contribution in [3.8, 4) is 17.2 Å². The lowest BCUT2D eigenvalue weighted by Gasteiger charge is -2.33. The molecule has 0 aliphatic heterocycles. The molecule has 0 aromatic heterocycles. The quantitative estimate of drug-likeness (QED) is 0.533. The minimum Gasteiger partial charge on any atom is -0.504 e. The number of benzene rings is 1. The van der Waals surface area contributed by atoms with Crippen LogP contribution < -0.4 is 4.74 Å². The second-order valence-corrected chi connectivity index (χ2v) is 5.07. The fourth-order valence-electron chi connectivity index (χ4n) is 2.32. The van der Waals surface area contributed by atoms with Gasteiger partial charge < -0.3 is 14.9 Å². The Morgan fingerprint density at radius 1 is 1.05 bits per heavy atom. The van der Waals surface area contributed by atoms with Crippen molar-refractivity contribution in [1.82, 2.24) is 0 Å². The van der Waals surface area contributed by atoms with Crippen molar-refractivity contribution in [2.24, 2.45) is 0 Å². The molecule has 0 aliphatic carbocycles. The van der Waals surface area contributed by atoms with Crippen LogP contribution >= 0.6 is 0 Å². The fourth-order valence-corrected chi connectivity index (χ4v) is 2.32. The third-order valence-electron chi connectivity index (χ3n) is 3.83. The van der Waals surface area contributed by atoms with Gasteiger partial charge in [0.25, 0.3) is 0 Å². The number of hydrogen-bond donors (Lipinski definition) is 2. The number of phenolic OH excluding ortho intramolecular Hbond substituents is 2. The van der Waals surface area contributed by atoms with E-state index in [1.165, 1.54) is 18.9 Å². The molecule has 19 heavy (non-hydrogen) atoms. The number of ether oxygens (including phenoxy) is 1. The molecule has 0 radical (unpaired) electrons. The van der Waals surface area contributed by atoms with Crippen LogP contribution in [0.4, 0.5) is 0 Å². The van der Waals surface area contributed by atoms with E-state index in [1.54, 1.807) is 12.1 Å². The monoisotopic (exact) mass is 266 g/mol. The zero-order valence-electron chi connectivity index (χ0n) is 12.3. The normalized spacial score (nSPS) is 11.5. The van der Waals surface area contributed by atoms with Crippen molar-refractivity contribution in [3.63, 3.8) is 0 Å². The van der Waals surface area contributed by atoms with Gasteiger partial charge in [0.15, 0.2) is 11.5 Å². The maximum absolute atomic E-state index is 9.85. The van der Waals surface area contributed by atoms with Crippen LogP contribution in [0.1, 0.15) is 59.3 Å². The summed E-state index contributed by atoms with van der Waals surface area (Å²) in [5, 5.41) is 19.4. The summed E-state index contributed by atoms with van der Waals surface area (Å²) in [5.74, 6) is 0.0802. The van der Waals surface area contributed by atoms with Crippen molar-refractivity contribution in [2.75, 3.05) is 0 Å². The Bertz CT molecular complexity index is 384. The van der Waals surface area contributed by atoms with Gasteiger partial charge in [0, 0.05) is 0 Å². The van der Waals surface area contributed by atoms with Gasteiger partial charge in [0.2, 0.25) is 5.75 Å². The number of aromatic hydroxyl groups is 2. The smallest absolute Gasteiger partial charge is 0.200 e. The third kappa shape index (κ3) is 4.05. The zero-order chi connectivity index (χ0) is 14.3. The highest BCUT2D eigenvalue weighted by Crippen LogP contribution is 2.39. The largest absolute Gasteiger partial charge is 0.504 e. The average Bonchev–Trinajstić information content (AvgIpc) is 2.43. The second-order valence-electron chi connectivity index (χ2n) is 5.07. The number of unbranched alkanes of at least 4 members (excludes halogenated alkanes) is 2. The van der Waals surface area contributed by atoms with Gasteiger partial charge >= 0.3 is 0 Å². The third-order valence-corrected chi connectivity index (χ3v) is 3.83. The molecule has 0 saturated carbocycles. The van der Waals surface area contributed by atoms with Gasteiger partial charge in [-0.3, -0.25) is 0 Å². The van der Waals surface area contributed by atoms with Gasteiger partial charge in [-0.15, -0.1) is 0 Å². The lowest BCUT2D eigenvalue weighted by molar-refractivity contribution is 0.0452. The Morgan fingerprint density at radius 3 is 2.32 bits per heavy atom. The van der Waals surface area contributed by atoms with E-state index < -0.39 is 0 Å². The summed E-state index contributed by atoms with van der Waals surface area (Å²) in [5.41, 5.74) is -0.250. The van der Waals surface area contributed by atoms with Gasteiger partial charge in [0.1, 0.15) is 5.60 Å². The van der Waals surface area contributed by atoms with E-state index in [2.05, 4.69) is 20.8 Å². The molecule has 0 aliphatic rings. The first-order valence-corrected chi connectivity index (χ1v) is 7.28. The molecule has 2 N–H and O–H groups in total. The molecule has 3 heteroatoms. The van der Waals surface area contributed by atoms with E-state index in [-0.39, 0.29) is 17.1 Å². The molecule has 1 aromatic rings. The molecule has 0 fully saturated rings. The van der Waals surface area contributed by atoms with E-state index >= 15 is 0 Å². The van der Waals surface area contributed by atoms with Crippen LogP contribution in [0.3, 0.4) is 0 Å². The van der Waals surface area contributed by atoms with E-state index in [9.17, 15) is 10.2 Å². The van der Waals surface area contributed by atoms with Crippen molar-refractivity contribution in [3.05, 3.63) is 18.2 Å². The number of hydrogen-bond acceptors (Lipinski definition) is 3. The summed E-state index contributed by atoms with van der Waals surface area (Å²) < 4.78 is 6.05. The maximum Gasteiger partial charge on any atom is 0.200 e. The highest BCUT2D eigenvalue weighted by atomic mass is 16.5. The van der Waals surface area contributed by atoms with Crippen LogP contribution in [0, 0.1) is 0 Å². The highest BCUT2D eigenvalue weighted by molar-refractivity contribution is 5.49. The summed E-state index contributed by atoms with van der Waals surface area (Å²) in [6, 6.07) is 4.85. The Balaban J connectivity index is 2.85. The minimum absolute atomic E-state index is 0.132. The van der Waals surface area contributed by atoms with Crippen molar-refractivity contribution in [2.45, 2.75) is 64.9 Å². The molecule has 1 aromatic carbocycles. The molecule has 1 rings (SSSR count). The molecule has 0 amide bonds. The van der Waals surface area contributed by atoms with Crippen LogP contribution in [0.15, 0.2) is 18.2 Å². The van der Waals surface area contributed by atoms with Gasteiger partial charge in [0.05, 0.1) is 0 Å². The predicted octanol–water partition coefficient (Wildman–Crippen LogP) is 4.62. The summed E-state index contributed by atoms with van der Waals surface area (Å²) in [4.78, 5) is 0. The molecule has 0 unspecified atom stereocenters. The molecule has 0 heterocycles. The average molecular weight is 266 g/mol. The summed E-state index contributed by atoms with van der Waals surface area (Å²) in [6.07, 6.45) is 6.25. The van der Waals surface area contributed by atoms with Crippen LogP contribution in [-0.4, -0.2) is 15.8 Å². The maximum atomic E-state index is 9.85. The Kier molecular flexibility index (Phi) is 6.00. The Hall–Kier alpha value is -1.38. The van der Waals surface area contributed by atoms with E-state index in [1.807, 2.05) is 0 Å². The molecule has 0 saturated heterocycles. The number of phenols is 2. The molecule has 0 atom stereocenters. The van der Waals surface area contributed by atoms with Crippen LogP contribution in [-0.2, 0) is 0 Å². The second kappa shape index (κ2) is 7.27. The SMILES string of the molecule is CCCCCC(CC)(CC)Oc1cccc(O)c1O. The van der Waals surface area contributed by atoms with Crippen LogP contribution in [0.25, 0.3) is 0 Å². The predicted molar refractivity (Wildman–Crippen MR) is 77.9 cm³/mol. The lowest BCUT2D eigenvalue weighted by Crippen LogP contribution is -2.34. The van der Waals surface area contributed by atoms with Gasteiger partial charge in [-0.25, -0.2) is 0 Å². The molecule has 108 valence electrons. The molecule has 0 bridgehead atoms. The molecular weight excluding hydrogens is 240 g/mol. The highest BCUT2D eigenvalue weighted by Gasteiger charge is 2.29. The van der Waals surface area contributed by atoms with E-state index in [0.29, 0.717) is 5.75 Å². The van der Waals surface area contributed by atoms with Gasteiger partial charge in [-0.2, -0.15) is 0 Å². The standard InChI is InChI=1S/C16H26O3/c1-4-7-8-12-16(5-2,6-3)19-14-11-9-10-13(17)15(14)18/h9-11,17-18H,4-8,12H2,1-3H3. The van der Waals surface area contributed by atoms with Crippen LogP contribution in [0.5, 0.6) is 17.2 Å².